The number of aromatic nitrogens is 2. The Morgan fingerprint density at radius 3 is 2.53 bits per heavy atom. The van der Waals surface area contributed by atoms with Crippen molar-refractivity contribution >= 4 is 29.5 Å². The molecule has 2 N–H and O–H groups in total. The predicted molar refractivity (Wildman–Crippen MR) is 167 cm³/mol. The summed E-state index contributed by atoms with van der Waals surface area (Å²) in [7, 11) is 1.61. The molecule has 3 amide bonds. The minimum Gasteiger partial charge on any atom is -0.444 e. The first-order chi connectivity index (χ1) is 21.4. The van der Waals surface area contributed by atoms with Gasteiger partial charge in [0.05, 0.1) is 24.4 Å². The van der Waals surface area contributed by atoms with E-state index in [0.29, 0.717) is 56.2 Å². The maximum atomic E-state index is 14.2. The van der Waals surface area contributed by atoms with Crippen LogP contribution < -0.4 is 10.6 Å². The zero-order valence-corrected chi connectivity index (χ0v) is 26.6. The number of hydrogen-bond donors (Lipinski definition) is 2. The topological polar surface area (TPSA) is 101 Å². The van der Waals surface area contributed by atoms with E-state index in [1.165, 1.54) is 6.07 Å². The monoisotopic (exact) mass is 644 g/mol. The number of ether oxygens (including phenoxy) is 2. The molecule has 2 aromatic carbocycles. The Bertz CT molecular complexity index is 1520. The summed E-state index contributed by atoms with van der Waals surface area (Å²) in [5.74, 6) is -1.93. The first kappa shape index (κ1) is 32.6. The van der Waals surface area contributed by atoms with Crippen LogP contribution in [-0.2, 0) is 9.47 Å². The third kappa shape index (κ3) is 7.57. The maximum absolute atomic E-state index is 14.2. The van der Waals surface area contributed by atoms with Crippen LogP contribution in [0.1, 0.15) is 56.8 Å². The summed E-state index contributed by atoms with van der Waals surface area (Å²) in [5, 5.41) is 10.9. The van der Waals surface area contributed by atoms with Gasteiger partial charge in [-0.25, -0.2) is 23.1 Å². The number of methoxy groups -OCH3 is 1. The molecule has 0 bridgehead atoms. The van der Waals surface area contributed by atoms with Crippen molar-refractivity contribution < 1.29 is 27.8 Å². The highest BCUT2D eigenvalue weighted by atomic mass is 35.5. The largest absolute Gasteiger partial charge is 0.444 e. The van der Waals surface area contributed by atoms with Crippen LogP contribution in [0.2, 0.25) is 5.02 Å². The smallest absolute Gasteiger partial charge is 0.410 e. The standard InChI is InChI=1S/C32H39ClF2N6O4/c1-32(2,3)45-31(43)40-14-8-11-26(40)28-27(33)29(41(38-28)21-9-6-5-7-10-21)37-30(42)36-25-19-39(15-16-44-4)18-22(25)20-12-13-23(34)24(35)17-20/h5-7,9-10,12-13,17,22,25-26H,8,11,14-16,18-19H2,1-4H3,(H2,36,37,42)/t22-,25+,26+/m0/s1. The molecule has 0 aliphatic carbocycles. The normalized spacial score (nSPS) is 20.4. The molecule has 2 aliphatic heterocycles. The number of amides is 3. The van der Waals surface area contributed by atoms with Gasteiger partial charge in [-0.3, -0.25) is 15.1 Å². The second-order valence-electron chi connectivity index (χ2n) is 12.4. The molecule has 1 aromatic heterocycles. The van der Waals surface area contributed by atoms with Crippen LogP contribution in [0, 0.1) is 11.6 Å². The van der Waals surface area contributed by atoms with Gasteiger partial charge in [0.15, 0.2) is 17.5 Å². The van der Waals surface area contributed by atoms with Crippen molar-refractivity contribution in [1.29, 1.82) is 0 Å². The van der Waals surface area contributed by atoms with E-state index >= 15 is 0 Å². The molecular formula is C32H39ClF2N6O4. The quantitative estimate of drug-likeness (QED) is 0.307. The van der Waals surface area contributed by atoms with Crippen molar-refractivity contribution in [1.82, 2.24) is 24.9 Å². The number of nitrogens with one attached hydrogen (secondary N) is 2. The summed E-state index contributed by atoms with van der Waals surface area (Å²) in [4.78, 5) is 30.4. The minimum atomic E-state index is -0.940. The zero-order chi connectivity index (χ0) is 32.3. The van der Waals surface area contributed by atoms with Crippen LogP contribution in [0.5, 0.6) is 0 Å². The highest BCUT2D eigenvalue weighted by molar-refractivity contribution is 6.34. The van der Waals surface area contributed by atoms with Gasteiger partial charge in [0.2, 0.25) is 0 Å². The molecule has 0 saturated carbocycles. The molecular weight excluding hydrogens is 606 g/mol. The average molecular weight is 645 g/mol. The number of anilines is 1. The second-order valence-corrected chi connectivity index (χ2v) is 12.7. The van der Waals surface area contributed by atoms with E-state index in [9.17, 15) is 18.4 Å². The Morgan fingerprint density at radius 2 is 1.84 bits per heavy atom. The third-order valence-corrected chi connectivity index (χ3v) is 8.35. The highest BCUT2D eigenvalue weighted by Crippen LogP contribution is 2.40. The number of carbonyl (C=O) groups excluding carboxylic acids is 2. The maximum Gasteiger partial charge on any atom is 0.410 e. The summed E-state index contributed by atoms with van der Waals surface area (Å²) in [6.45, 7) is 8.02. The molecule has 0 unspecified atom stereocenters. The van der Waals surface area contributed by atoms with Crippen LogP contribution in [-0.4, -0.2) is 83.2 Å². The molecule has 3 heterocycles. The van der Waals surface area contributed by atoms with E-state index in [2.05, 4.69) is 15.5 Å². The molecule has 0 radical (unpaired) electrons. The van der Waals surface area contributed by atoms with E-state index in [1.54, 1.807) is 22.8 Å². The van der Waals surface area contributed by atoms with Gasteiger partial charge < -0.3 is 14.8 Å². The molecule has 2 fully saturated rings. The van der Waals surface area contributed by atoms with Crippen molar-refractivity contribution in [2.45, 2.75) is 57.2 Å². The molecule has 3 aromatic rings. The molecule has 3 atom stereocenters. The number of nitrogens with zero attached hydrogens (tertiary/aromatic N) is 4. The third-order valence-electron chi connectivity index (χ3n) is 7.98. The van der Waals surface area contributed by atoms with Gasteiger partial charge in [0.25, 0.3) is 0 Å². The van der Waals surface area contributed by atoms with Crippen molar-refractivity contribution in [3.63, 3.8) is 0 Å². The van der Waals surface area contributed by atoms with E-state index < -0.39 is 41.4 Å². The van der Waals surface area contributed by atoms with Gasteiger partial charge in [-0.15, -0.1) is 0 Å². The number of para-hydroxylation sites is 1. The Hall–Kier alpha value is -3.74. The number of halogens is 3. The summed E-state index contributed by atoms with van der Waals surface area (Å²) >= 11 is 6.96. The van der Waals surface area contributed by atoms with E-state index in [0.717, 1.165) is 12.5 Å². The van der Waals surface area contributed by atoms with Gasteiger partial charge in [-0.05, 0) is 63.4 Å². The van der Waals surface area contributed by atoms with Crippen LogP contribution in [0.3, 0.4) is 0 Å². The highest BCUT2D eigenvalue weighted by Gasteiger charge is 2.38. The van der Waals surface area contributed by atoms with Crippen LogP contribution in [0.15, 0.2) is 48.5 Å². The number of likely N-dealkylation sites (tertiary alicyclic amines) is 2. The molecule has 2 aliphatic rings. The fourth-order valence-electron chi connectivity index (χ4n) is 5.91. The van der Waals surface area contributed by atoms with Gasteiger partial charge in [-0.1, -0.05) is 35.9 Å². The Kier molecular flexibility index (Phi) is 9.95. The SMILES string of the molecule is COCCN1C[C@@H](NC(=O)Nc2c(Cl)c([C@H]3CCCN3C(=O)OC(C)(C)C)nn2-c2ccccc2)[C@H](c2ccc(F)c(F)c2)C1. The molecule has 0 spiro atoms. The van der Waals surface area contributed by atoms with Crippen molar-refractivity contribution in [3.05, 3.63) is 76.4 Å². The molecule has 242 valence electrons. The second kappa shape index (κ2) is 13.7. The Morgan fingerprint density at radius 1 is 1.09 bits per heavy atom. The summed E-state index contributed by atoms with van der Waals surface area (Å²) in [6, 6.07) is 11.6. The fraction of sp³-hybridized carbons (Fsp3) is 0.469. The molecule has 2 saturated heterocycles. The minimum absolute atomic E-state index is 0.208. The molecule has 10 nitrogen and oxygen atoms in total. The summed E-state index contributed by atoms with van der Waals surface area (Å²) in [6.07, 6.45) is 0.921. The number of rotatable bonds is 8. The van der Waals surface area contributed by atoms with E-state index in [-0.39, 0.29) is 16.8 Å². The number of carbonyl (C=O) groups is 2. The van der Waals surface area contributed by atoms with E-state index in [4.69, 9.17) is 26.2 Å². The number of benzene rings is 2. The van der Waals surface area contributed by atoms with E-state index in [1.807, 2.05) is 51.1 Å². The van der Waals surface area contributed by atoms with Crippen LogP contribution >= 0.6 is 11.6 Å². The van der Waals surface area contributed by atoms with Crippen molar-refractivity contribution in [3.8, 4) is 5.69 Å². The first-order valence-corrected chi connectivity index (χ1v) is 15.4. The van der Waals surface area contributed by atoms with Gasteiger partial charge in [0, 0.05) is 39.2 Å². The Balaban J connectivity index is 1.42. The fourth-order valence-corrected chi connectivity index (χ4v) is 6.20. The van der Waals surface area contributed by atoms with Crippen LogP contribution in [0.4, 0.5) is 24.2 Å². The van der Waals surface area contributed by atoms with Crippen molar-refractivity contribution in [2.24, 2.45) is 0 Å². The lowest BCUT2D eigenvalue weighted by Gasteiger charge is -2.28. The number of urea groups is 1. The average Bonchev–Trinajstić information content (AvgIpc) is 3.71. The summed E-state index contributed by atoms with van der Waals surface area (Å²) in [5.41, 5.74) is 1.02. The van der Waals surface area contributed by atoms with Gasteiger partial charge in [0.1, 0.15) is 16.3 Å². The molecule has 5 rings (SSSR count). The lowest BCUT2D eigenvalue weighted by molar-refractivity contribution is 0.0221. The number of hydrogen-bond acceptors (Lipinski definition) is 6. The molecule has 45 heavy (non-hydrogen) atoms. The van der Waals surface area contributed by atoms with Crippen LogP contribution in [0.25, 0.3) is 5.69 Å². The predicted octanol–water partition coefficient (Wildman–Crippen LogP) is 6.11. The van der Waals surface area contributed by atoms with Gasteiger partial charge in [-0.2, -0.15) is 5.10 Å². The Labute approximate surface area is 266 Å². The van der Waals surface area contributed by atoms with Crippen molar-refractivity contribution in [2.75, 3.05) is 45.2 Å². The van der Waals surface area contributed by atoms with Gasteiger partial charge >= 0.3 is 12.1 Å². The molecule has 13 heteroatoms. The first-order valence-electron chi connectivity index (χ1n) is 15.0. The lowest BCUT2D eigenvalue weighted by Crippen LogP contribution is -2.42. The zero-order valence-electron chi connectivity index (χ0n) is 25.9. The lowest BCUT2D eigenvalue weighted by atomic mass is 9.94. The summed E-state index contributed by atoms with van der Waals surface area (Å²) < 4.78 is 40.3.